The van der Waals surface area contributed by atoms with E-state index in [4.69, 9.17) is 10.9 Å². The van der Waals surface area contributed by atoms with Crippen LogP contribution < -0.4 is 11.1 Å². The molecule has 0 spiro atoms. The summed E-state index contributed by atoms with van der Waals surface area (Å²) in [6, 6.07) is 0. The number of nitrogens with zero attached hydrogens (tertiary/aromatic N) is 1. The van der Waals surface area contributed by atoms with E-state index >= 15 is 0 Å². The van der Waals surface area contributed by atoms with Gasteiger partial charge in [0, 0.05) is 6.54 Å². The number of rotatable bonds is 6. The molecular formula is C14H25N3O2. The summed E-state index contributed by atoms with van der Waals surface area (Å²) in [5, 5.41) is 15.0. The predicted octanol–water partition coefficient (Wildman–Crippen LogP) is 1.85. The molecule has 0 heterocycles. The summed E-state index contributed by atoms with van der Waals surface area (Å²) in [6.07, 6.45) is 6.08. The van der Waals surface area contributed by atoms with Crippen LogP contribution in [-0.4, -0.2) is 23.5 Å². The summed E-state index contributed by atoms with van der Waals surface area (Å²) in [5.74, 6) is 0.447. The molecule has 108 valence electrons. The summed E-state index contributed by atoms with van der Waals surface area (Å²) >= 11 is 0. The monoisotopic (exact) mass is 267 g/mol. The van der Waals surface area contributed by atoms with Crippen molar-refractivity contribution >= 4 is 11.7 Å². The van der Waals surface area contributed by atoms with Crippen LogP contribution in [-0.2, 0) is 4.79 Å². The van der Waals surface area contributed by atoms with Crippen LogP contribution in [0.1, 0.15) is 52.4 Å². The first-order chi connectivity index (χ1) is 8.98. The van der Waals surface area contributed by atoms with Gasteiger partial charge in [0.25, 0.3) is 0 Å². The molecule has 0 aliphatic heterocycles. The van der Waals surface area contributed by atoms with E-state index in [9.17, 15) is 4.79 Å². The summed E-state index contributed by atoms with van der Waals surface area (Å²) < 4.78 is 0. The van der Waals surface area contributed by atoms with Gasteiger partial charge in [-0.1, -0.05) is 25.4 Å². The van der Waals surface area contributed by atoms with E-state index in [0.29, 0.717) is 24.2 Å². The number of nitrogens with one attached hydrogen (secondary N) is 1. The van der Waals surface area contributed by atoms with Crippen molar-refractivity contribution in [3.63, 3.8) is 0 Å². The van der Waals surface area contributed by atoms with Crippen molar-refractivity contribution < 1.29 is 10.0 Å². The summed E-state index contributed by atoms with van der Waals surface area (Å²) in [4.78, 5) is 12.4. The Morgan fingerprint density at radius 1 is 1.47 bits per heavy atom. The van der Waals surface area contributed by atoms with Gasteiger partial charge in [-0.2, -0.15) is 0 Å². The molecule has 1 amide bonds. The highest BCUT2D eigenvalue weighted by molar-refractivity contribution is 6.07. The summed E-state index contributed by atoms with van der Waals surface area (Å²) in [5.41, 5.74) is 5.29. The van der Waals surface area contributed by atoms with Crippen LogP contribution in [0.2, 0.25) is 0 Å². The van der Waals surface area contributed by atoms with Crippen molar-refractivity contribution in [3.8, 4) is 0 Å². The first-order valence-corrected chi connectivity index (χ1v) is 7.24. The van der Waals surface area contributed by atoms with Gasteiger partial charge >= 0.3 is 0 Å². The van der Waals surface area contributed by atoms with Crippen molar-refractivity contribution in [1.29, 1.82) is 0 Å². The van der Waals surface area contributed by atoms with Crippen molar-refractivity contribution in [3.05, 3.63) is 0 Å². The highest BCUT2D eigenvalue weighted by Crippen LogP contribution is 2.50. The van der Waals surface area contributed by atoms with Gasteiger partial charge < -0.3 is 16.3 Å². The molecule has 0 bridgehead atoms. The van der Waals surface area contributed by atoms with Crippen LogP contribution in [0, 0.1) is 16.7 Å². The van der Waals surface area contributed by atoms with E-state index in [0.717, 1.165) is 13.0 Å². The Kier molecular flexibility index (Phi) is 3.74. The minimum absolute atomic E-state index is 0.0587. The van der Waals surface area contributed by atoms with Crippen LogP contribution in [0.5, 0.6) is 0 Å². The topological polar surface area (TPSA) is 87.7 Å². The van der Waals surface area contributed by atoms with E-state index in [2.05, 4.69) is 24.3 Å². The molecule has 2 saturated carbocycles. The maximum Gasteiger partial charge on any atom is 0.233 e. The van der Waals surface area contributed by atoms with Gasteiger partial charge in [0.1, 0.15) is 5.41 Å². The molecule has 0 aromatic rings. The number of nitrogens with two attached hydrogens (primary N) is 1. The van der Waals surface area contributed by atoms with Gasteiger partial charge in [-0.05, 0) is 43.4 Å². The lowest BCUT2D eigenvalue weighted by Crippen LogP contribution is -2.57. The smallest absolute Gasteiger partial charge is 0.233 e. The molecule has 5 heteroatoms. The SMILES string of the molecule is CCCC1(CNC(=O)C2(C(N)=NO)CC(C)C2)CC1. The maximum atomic E-state index is 12.4. The van der Waals surface area contributed by atoms with Gasteiger partial charge in [-0.3, -0.25) is 4.79 Å². The molecule has 0 radical (unpaired) electrons. The Morgan fingerprint density at radius 3 is 2.53 bits per heavy atom. The number of amidine groups is 1. The van der Waals surface area contributed by atoms with Gasteiger partial charge in [0.2, 0.25) is 5.91 Å². The average molecular weight is 267 g/mol. The minimum Gasteiger partial charge on any atom is -0.409 e. The molecule has 2 aliphatic carbocycles. The number of carbonyl (C=O) groups is 1. The number of oxime groups is 1. The zero-order valence-corrected chi connectivity index (χ0v) is 11.9. The Hall–Kier alpha value is -1.26. The molecule has 0 unspecified atom stereocenters. The molecule has 0 aromatic carbocycles. The Balaban J connectivity index is 1.94. The Morgan fingerprint density at radius 2 is 2.11 bits per heavy atom. The first-order valence-electron chi connectivity index (χ1n) is 7.24. The Labute approximate surface area is 114 Å². The molecule has 5 nitrogen and oxygen atoms in total. The van der Waals surface area contributed by atoms with E-state index < -0.39 is 5.41 Å². The lowest BCUT2D eigenvalue weighted by atomic mass is 9.61. The van der Waals surface area contributed by atoms with Crippen molar-refractivity contribution in [2.45, 2.75) is 52.4 Å². The normalized spacial score (nSPS) is 32.5. The van der Waals surface area contributed by atoms with Gasteiger partial charge in [-0.25, -0.2) is 0 Å². The molecule has 4 N–H and O–H groups in total. The molecule has 0 saturated heterocycles. The predicted molar refractivity (Wildman–Crippen MR) is 73.8 cm³/mol. The van der Waals surface area contributed by atoms with Gasteiger partial charge in [-0.15, -0.1) is 0 Å². The highest BCUT2D eigenvalue weighted by Gasteiger charge is 2.53. The first kappa shape index (κ1) is 14.2. The highest BCUT2D eigenvalue weighted by atomic mass is 16.4. The average Bonchev–Trinajstić information content (AvgIpc) is 3.11. The van der Waals surface area contributed by atoms with Crippen molar-refractivity contribution in [2.24, 2.45) is 27.6 Å². The van der Waals surface area contributed by atoms with Crippen molar-refractivity contribution in [1.82, 2.24) is 5.32 Å². The van der Waals surface area contributed by atoms with Crippen LogP contribution in [0.4, 0.5) is 0 Å². The third-order valence-electron chi connectivity index (χ3n) is 4.79. The van der Waals surface area contributed by atoms with E-state index in [1.807, 2.05) is 0 Å². The zero-order chi connectivity index (χ0) is 14.1. The number of amides is 1. The lowest BCUT2D eigenvalue weighted by Gasteiger charge is -2.43. The van der Waals surface area contributed by atoms with Crippen LogP contribution in [0.3, 0.4) is 0 Å². The zero-order valence-electron chi connectivity index (χ0n) is 11.9. The summed E-state index contributed by atoms with van der Waals surface area (Å²) in [7, 11) is 0. The van der Waals surface area contributed by atoms with E-state index in [-0.39, 0.29) is 11.7 Å². The van der Waals surface area contributed by atoms with E-state index in [1.54, 1.807) is 0 Å². The third kappa shape index (κ3) is 2.55. The number of hydrogen-bond acceptors (Lipinski definition) is 3. The maximum absolute atomic E-state index is 12.4. The van der Waals surface area contributed by atoms with E-state index in [1.165, 1.54) is 19.3 Å². The van der Waals surface area contributed by atoms with Crippen molar-refractivity contribution in [2.75, 3.05) is 6.54 Å². The molecular weight excluding hydrogens is 242 g/mol. The molecule has 2 fully saturated rings. The number of carbonyl (C=O) groups excluding carboxylic acids is 1. The third-order valence-corrected chi connectivity index (χ3v) is 4.79. The van der Waals surface area contributed by atoms with Crippen LogP contribution in [0.25, 0.3) is 0 Å². The standard InChI is InChI=1S/C14H25N3O2/c1-3-4-13(5-6-13)9-16-12(18)14(11(15)17-19)7-10(2)8-14/h10,19H,3-9H2,1-2H3,(H2,15,17)(H,16,18). The molecule has 0 aromatic heterocycles. The largest absolute Gasteiger partial charge is 0.409 e. The fourth-order valence-electron chi connectivity index (χ4n) is 3.40. The fourth-order valence-corrected chi connectivity index (χ4v) is 3.40. The molecule has 19 heavy (non-hydrogen) atoms. The van der Waals surface area contributed by atoms with Crippen LogP contribution in [0.15, 0.2) is 5.16 Å². The molecule has 0 atom stereocenters. The minimum atomic E-state index is -0.767. The van der Waals surface area contributed by atoms with Gasteiger partial charge in [0.15, 0.2) is 5.84 Å². The number of hydrogen-bond donors (Lipinski definition) is 3. The second kappa shape index (κ2) is 5.02. The van der Waals surface area contributed by atoms with Crippen LogP contribution >= 0.6 is 0 Å². The fraction of sp³-hybridized carbons (Fsp3) is 0.857. The molecule has 2 aliphatic rings. The van der Waals surface area contributed by atoms with Gasteiger partial charge in [0.05, 0.1) is 0 Å². The Bertz CT molecular complexity index is 382. The molecule has 2 rings (SSSR count). The quantitative estimate of drug-likeness (QED) is 0.297. The lowest BCUT2D eigenvalue weighted by molar-refractivity contribution is -0.133. The second-order valence-corrected chi connectivity index (χ2v) is 6.51. The summed E-state index contributed by atoms with van der Waals surface area (Å²) in [6.45, 7) is 4.98. The second-order valence-electron chi connectivity index (χ2n) is 6.51.